The molecule has 0 aliphatic heterocycles. The molecule has 19 heavy (non-hydrogen) atoms. The van der Waals surface area contributed by atoms with Gasteiger partial charge in [-0.3, -0.25) is 8.74 Å². The van der Waals surface area contributed by atoms with Gasteiger partial charge in [-0.2, -0.15) is 4.21 Å². The third kappa shape index (κ3) is 4.46. The van der Waals surface area contributed by atoms with Gasteiger partial charge < -0.3 is 13.3 Å². The molecule has 0 radical (unpaired) electrons. The van der Waals surface area contributed by atoms with Crippen LogP contribution in [-0.4, -0.2) is 45.5 Å². The van der Waals surface area contributed by atoms with Gasteiger partial charge in [-0.15, -0.1) is 0 Å². The highest BCUT2D eigenvalue weighted by Gasteiger charge is 2.40. The Morgan fingerprint density at radius 2 is 1.63 bits per heavy atom. The van der Waals surface area contributed by atoms with Crippen molar-refractivity contribution in [2.24, 2.45) is 0 Å². The molecular weight excluding hydrogens is 288 g/mol. The van der Waals surface area contributed by atoms with Gasteiger partial charge in [0.15, 0.2) is 0 Å². The zero-order chi connectivity index (χ0) is 14.3. The van der Waals surface area contributed by atoms with Crippen LogP contribution in [0.5, 0.6) is 0 Å². The topological polar surface area (TPSA) is 74.2 Å². The smallest absolute Gasteiger partial charge is 0.373 e. The summed E-state index contributed by atoms with van der Waals surface area (Å²) in [5, 5.41) is 0.857. The molecule has 0 aromatic heterocycles. The molecule has 1 unspecified atom stereocenters. The van der Waals surface area contributed by atoms with E-state index in [1.54, 1.807) is 21.3 Å². The Kier molecular flexibility index (Phi) is 6.79. The van der Waals surface area contributed by atoms with Crippen LogP contribution >= 0.6 is 0 Å². The van der Waals surface area contributed by atoms with Crippen molar-refractivity contribution in [3.63, 3.8) is 0 Å². The van der Waals surface area contributed by atoms with Gasteiger partial charge in [-0.05, 0) is 12.0 Å². The van der Waals surface area contributed by atoms with E-state index in [0.717, 1.165) is 10.8 Å². The predicted molar refractivity (Wildman–Crippen MR) is 73.3 cm³/mol. The molecule has 1 rings (SSSR count). The summed E-state index contributed by atoms with van der Waals surface area (Å²) in [6.45, 7) is 0.184. The van der Waals surface area contributed by atoms with Gasteiger partial charge in [0.2, 0.25) is 0 Å². The molecule has 0 heterocycles. The molecule has 0 aliphatic carbocycles. The molecule has 0 saturated carbocycles. The lowest BCUT2D eigenvalue weighted by atomic mass is 10.2. The molecule has 0 aliphatic rings. The van der Waals surface area contributed by atoms with Crippen LogP contribution in [0.2, 0.25) is 0 Å². The lowest BCUT2D eigenvalue weighted by Gasteiger charge is -2.24. The second-order valence-corrected chi connectivity index (χ2v) is 7.24. The zero-order valence-electron chi connectivity index (χ0n) is 11.1. The molecule has 0 fully saturated rings. The fraction of sp³-hybridized carbons (Fsp3) is 0.455. The summed E-state index contributed by atoms with van der Waals surface area (Å²) in [6.07, 6.45) is 0.550. The summed E-state index contributed by atoms with van der Waals surface area (Å²) in [4.78, 5) is 0. The molecule has 1 N–H and O–H groups in total. The number of hydrogen-bond donors (Lipinski definition) is 1. The van der Waals surface area contributed by atoms with Crippen molar-refractivity contribution in [3.05, 3.63) is 29.8 Å². The van der Waals surface area contributed by atoms with Crippen molar-refractivity contribution in [2.75, 3.05) is 27.9 Å². The molecular formula is C11H18O6SSi. The predicted octanol–water partition coefficient (Wildman–Crippen LogP) is 0.467. The highest BCUT2D eigenvalue weighted by molar-refractivity contribution is 7.74. The van der Waals surface area contributed by atoms with E-state index in [9.17, 15) is 4.21 Å². The van der Waals surface area contributed by atoms with Gasteiger partial charge in [-0.25, -0.2) is 0 Å². The molecule has 0 bridgehead atoms. The SMILES string of the molecule is CO[Si](OC)(OC)c1ccc(CCOS(=O)O)cc1. The minimum absolute atomic E-state index is 0.184. The van der Waals surface area contributed by atoms with Gasteiger partial charge in [0.05, 0.1) is 6.61 Å². The summed E-state index contributed by atoms with van der Waals surface area (Å²) in [5.41, 5.74) is 0.986. The Labute approximate surface area is 116 Å². The monoisotopic (exact) mass is 306 g/mol. The van der Waals surface area contributed by atoms with E-state index in [2.05, 4.69) is 4.18 Å². The average molecular weight is 306 g/mol. The van der Waals surface area contributed by atoms with Crippen molar-refractivity contribution in [3.8, 4) is 0 Å². The van der Waals surface area contributed by atoms with Crippen molar-refractivity contribution in [1.29, 1.82) is 0 Å². The van der Waals surface area contributed by atoms with Crippen molar-refractivity contribution < 1.29 is 26.2 Å². The lowest BCUT2D eigenvalue weighted by Crippen LogP contribution is -2.54. The number of benzene rings is 1. The first-order valence-electron chi connectivity index (χ1n) is 5.57. The molecule has 0 saturated heterocycles. The molecule has 0 spiro atoms. The second kappa shape index (κ2) is 7.85. The minimum atomic E-state index is -2.79. The summed E-state index contributed by atoms with van der Waals surface area (Å²) >= 11 is -2.22. The second-order valence-electron chi connectivity index (χ2n) is 3.65. The summed E-state index contributed by atoms with van der Waals surface area (Å²) in [7, 11) is 1.87. The van der Waals surface area contributed by atoms with E-state index >= 15 is 0 Å². The maximum absolute atomic E-state index is 10.3. The van der Waals surface area contributed by atoms with Crippen LogP contribution in [-0.2, 0) is 35.2 Å². The van der Waals surface area contributed by atoms with Crippen LogP contribution < -0.4 is 5.19 Å². The standard InChI is InChI=1S/C11H18O6SSi/c1-14-19(15-2,16-3)11-6-4-10(5-7-11)8-9-17-18(12)13/h4-7H,8-9H2,1-3H3,(H,12,13). The van der Waals surface area contributed by atoms with Crippen molar-refractivity contribution >= 4 is 25.4 Å². The highest BCUT2D eigenvalue weighted by atomic mass is 32.2. The molecule has 1 aromatic carbocycles. The normalized spacial score (nSPS) is 13.5. The van der Waals surface area contributed by atoms with Crippen LogP contribution in [0.3, 0.4) is 0 Å². The molecule has 0 amide bonds. The van der Waals surface area contributed by atoms with Gasteiger partial charge in [0.1, 0.15) is 0 Å². The van der Waals surface area contributed by atoms with E-state index in [4.69, 9.17) is 17.8 Å². The molecule has 6 nitrogen and oxygen atoms in total. The highest BCUT2D eigenvalue weighted by Crippen LogP contribution is 2.08. The van der Waals surface area contributed by atoms with Gasteiger partial charge >= 0.3 is 20.2 Å². The third-order valence-corrected chi connectivity index (χ3v) is 5.71. The molecule has 1 aromatic rings. The van der Waals surface area contributed by atoms with E-state index in [1.807, 2.05) is 24.3 Å². The summed E-state index contributed by atoms with van der Waals surface area (Å²) in [5.74, 6) is 0. The first kappa shape index (κ1) is 16.4. The van der Waals surface area contributed by atoms with Crippen LogP contribution in [0.25, 0.3) is 0 Å². The maximum atomic E-state index is 10.3. The zero-order valence-corrected chi connectivity index (χ0v) is 12.9. The summed E-state index contributed by atoms with van der Waals surface area (Å²) < 4.78 is 39.5. The summed E-state index contributed by atoms with van der Waals surface area (Å²) in [6, 6.07) is 7.51. The molecule has 1 atom stereocenters. The Balaban J connectivity index is 2.72. The van der Waals surface area contributed by atoms with E-state index in [1.165, 1.54) is 0 Å². The maximum Gasteiger partial charge on any atom is 0.536 e. The Morgan fingerprint density at radius 1 is 1.11 bits per heavy atom. The van der Waals surface area contributed by atoms with Gasteiger partial charge in [0, 0.05) is 26.5 Å². The minimum Gasteiger partial charge on any atom is -0.373 e. The van der Waals surface area contributed by atoms with Crippen molar-refractivity contribution in [2.45, 2.75) is 6.42 Å². The lowest BCUT2D eigenvalue weighted by molar-refractivity contribution is 0.140. The van der Waals surface area contributed by atoms with E-state index < -0.39 is 20.2 Å². The average Bonchev–Trinajstić information content (AvgIpc) is 2.42. The number of rotatable bonds is 8. The van der Waals surface area contributed by atoms with Crippen LogP contribution in [0, 0.1) is 0 Å². The Morgan fingerprint density at radius 3 is 2.05 bits per heavy atom. The largest absolute Gasteiger partial charge is 0.536 e. The fourth-order valence-electron chi connectivity index (χ4n) is 1.71. The molecule has 8 heteroatoms. The first-order chi connectivity index (χ1) is 9.07. The van der Waals surface area contributed by atoms with Crippen LogP contribution in [0.4, 0.5) is 0 Å². The quantitative estimate of drug-likeness (QED) is 0.556. The van der Waals surface area contributed by atoms with Crippen LogP contribution in [0.15, 0.2) is 24.3 Å². The molecule has 108 valence electrons. The first-order valence-corrected chi connectivity index (χ1v) is 8.32. The Bertz CT molecular complexity index is 398. The number of hydrogen-bond acceptors (Lipinski definition) is 5. The van der Waals surface area contributed by atoms with E-state index in [0.29, 0.717) is 6.42 Å². The fourth-order valence-corrected chi connectivity index (χ4v) is 3.72. The third-order valence-electron chi connectivity index (χ3n) is 2.69. The van der Waals surface area contributed by atoms with Crippen LogP contribution in [0.1, 0.15) is 5.56 Å². The van der Waals surface area contributed by atoms with Gasteiger partial charge in [0.25, 0.3) is 0 Å². The van der Waals surface area contributed by atoms with E-state index in [-0.39, 0.29) is 6.61 Å². The van der Waals surface area contributed by atoms with Gasteiger partial charge in [-0.1, -0.05) is 24.3 Å². The van der Waals surface area contributed by atoms with Crippen molar-refractivity contribution in [1.82, 2.24) is 0 Å². The Hall–Kier alpha value is -0.613.